The number of allylic oxidation sites excluding steroid dienone is 1. The molecule has 0 atom stereocenters. The Morgan fingerprint density at radius 1 is 1.06 bits per heavy atom. The summed E-state index contributed by atoms with van der Waals surface area (Å²) in [5.41, 5.74) is 0.974. The quantitative estimate of drug-likeness (QED) is 0.297. The van der Waals surface area contributed by atoms with Crippen LogP contribution in [0.2, 0.25) is 0 Å². The Balaban J connectivity index is 0.00000194. The summed E-state index contributed by atoms with van der Waals surface area (Å²) in [6.07, 6.45) is -0.580. The molecule has 0 spiro atoms. The van der Waals surface area contributed by atoms with E-state index < -0.39 is 23.4 Å². The lowest BCUT2D eigenvalue weighted by molar-refractivity contribution is -0.137. The molecule has 4 nitrogen and oxygen atoms in total. The number of aliphatic imine (C=N–C) groups is 1. The van der Waals surface area contributed by atoms with Crippen molar-refractivity contribution in [2.75, 3.05) is 4.90 Å². The van der Waals surface area contributed by atoms with E-state index in [1.165, 1.54) is 23.5 Å². The lowest BCUT2D eigenvalue weighted by Gasteiger charge is -2.29. The Bertz CT molecular complexity index is 1020. The minimum absolute atomic E-state index is 0.225. The first-order chi connectivity index (χ1) is 16.3. The molecule has 0 saturated heterocycles. The summed E-state index contributed by atoms with van der Waals surface area (Å²) in [6, 6.07) is 9.57. The molecule has 2 rings (SSSR count). The minimum Gasteiger partial charge on any atom is -0.443 e. The lowest BCUT2D eigenvalue weighted by atomic mass is 10.0. The number of alkyl halides is 4. The van der Waals surface area contributed by atoms with E-state index in [-0.39, 0.29) is 11.6 Å². The molecule has 0 aromatic heterocycles. The summed E-state index contributed by atoms with van der Waals surface area (Å²) in [5.74, 6) is 0.243. The summed E-state index contributed by atoms with van der Waals surface area (Å²) in [6.45, 7) is 13.0. The number of ether oxygens (including phenoxy) is 1. The van der Waals surface area contributed by atoms with Gasteiger partial charge in [0.15, 0.2) is 0 Å². The van der Waals surface area contributed by atoms with Crippen LogP contribution in [-0.4, -0.2) is 17.9 Å². The zero-order valence-electron chi connectivity index (χ0n) is 21.3. The normalized spacial score (nSPS) is 12.3. The standard InChI is InChI=1S/C24H26ClF3N2O2.C3H8/c1-6-20(29-7-2)19-14-16(15-25)8-13-21(19)30(22(31)32-23(3,4)5)18-11-9-17(10-12-18)24(26,27)28;1-3-2/h6-14H,15H2,1-5H3;3H2,1-2H3/b20-6-,29-7?;. The monoisotopic (exact) mass is 510 g/mol. The maximum absolute atomic E-state index is 13.2. The van der Waals surface area contributed by atoms with Gasteiger partial charge in [-0.3, -0.25) is 4.99 Å². The first kappa shape index (κ1) is 30.2. The second kappa shape index (κ2) is 13.3. The van der Waals surface area contributed by atoms with Crippen molar-refractivity contribution >= 4 is 41.0 Å². The van der Waals surface area contributed by atoms with Crippen molar-refractivity contribution in [1.82, 2.24) is 0 Å². The first-order valence-electron chi connectivity index (χ1n) is 11.4. The van der Waals surface area contributed by atoms with Gasteiger partial charge in [0, 0.05) is 17.7 Å². The molecule has 0 bridgehead atoms. The third kappa shape index (κ3) is 9.06. The Kier molecular flexibility index (Phi) is 11.5. The Hall–Kier alpha value is -2.80. The maximum atomic E-state index is 13.2. The van der Waals surface area contributed by atoms with E-state index in [1.807, 2.05) is 0 Å². The number of rotatable bonds is 5. The smallest absolute Gasteiger partial charge is 0.419 e. The fourth-order valence-electron chi connectivity index (χ4n) is 2.96. The van der Waals surface area contributed by atoms with Crippen molar-refractivity contribution < 1.29 is 22.7 Å². The highest BCUT2D eigenvalue weighted by Gasteiger charge is 2.32. The number of nitrogens with zero attached hydrogens (tertiary/aromatic N) is 2. The highest BCUT2D eigenvalue weighted by Crippen LogP contribution is 2.37. The van der Waals surface area contributed by atoms with Crippen molar-refractivity contribution in [2.45, 2.75) is 72.5 Å². The number of amides is 1. The summed E-state index contributed by atoms with van der Waals surface area (Å²) >= 11 is 6.01. The molecule has 0 saturated carbocycles. The average Bonchev–Trinajstić information content (AvgIpc) is 2.77. The predicted molar refractivity (Wildman–Crippen MR) is 140 cm³/mol. The van der Waals surface area contributed by atoms with Crippen molar-refractivity contribution in [1.29, 1.82) is 0 Å². The summed E-state index contributed by atoms with van der Waals surface area (Å²) < 4.78 is 44.8. The number of benzene rings is 2. The second-order valence-corrected chi connectivity index (χ2v) is 8.88. The number of hydrogen-bond acceptors (Lipinski definition) is 3. The van der Waals surface area contributed by atoms with Crippen LogP contribution in [0.25, 0.3) is 5.70 Å². The van der Waals surface area contributed by atoms with E-state index in [9.17, 15) is 18.0 Å². The number of carbonyl (C=O) groups excluding carboxylic acids is 1. The molecule has 0 N–H and O–H groups in total. The maximum Gasteiger partial charge on any atom is 0.419 e. The summed E-state index contributed by atoms with van der Waals surface area (Å²) in [5, 5.41) is 0. The fourth-order valence-corrected chi connectivity index (χ4v) is 3.12. The molecule has 35 heavy (non-hydrogen) atoms. The zero-order chi connectivity index (χ0) is 26.8. The molecule has 0 aliphatic heterocycles. The molecule has 2 aromatic rings. The molecule has 1 amide bonds. The number of hydrogen-bond donors (Lipinski definition) is 0. The molecular weight excluding hydrogens is 477 g/mol. The van der Waals surface area contributed by atoms with Crippen LogP contribution >= 0.6 is 11.6 Å². The number of anilines is 2. The van der Waals surface area contributed by atoms with Crippen LogP contribution in [0.15, 0.2) is 53.5 Å². The third-order valence-corrected chi connectivity index (χ3v) is 4.61. The minimum atomic E-state index is -4.49. The molecule has 0 aliphatic carbocycles. The molecule has 2 aromatic carbocycles. The molecule has 192 valence electrons. The lowest BCUT2D eigenvalue weighted by Crippen LogP contribution is -2.34. The van der Waals surface area contributed by atoms with Gasteiger partial charge in [0.2, 0.25) is 0 Å². The van der Waals surface area contributed by atoms with E-state index >= 15 is 0 Å². The van der Waals surface area contributed by atoms with Crippen molar-refractivity contribution in [3.05, 3.63) is 65.2 Å². The van der Waals surface area contributed by atoms with Gasteiger partial charge in [-0.1, -0.05) is 32.4 Å². The van der Waals surface area contributed by atoms with Crippen molar-refractivity contribution in [2.24, 2.45) is 4.99 Å². The van der Waals surface area contributed by atoms with E-state index in [1.54, 1.807) is 65.1 Å². The van der Waals surface area contributed by atoms with Gasteiger partial charge in [0.05, 0.1) is 22.6 Å². The second-order valence-electron chi connectivity index (χ2n) is 8.61. The third-order valence-electron chi connectivity index (χ3n) is 4.30. The largest absolute Gasteiger partial charge is 0.443 e. The van der Waals surface area contributed by atoms with E-state index in [2.05, 4.69) is 18.8 Å². The van der Waals surface area contributed by atoms with Crippen LogP contribution in [0.3, 0.4) is 0 Å². The van der Waals surface area contributed by atoms with Gasteiger partial charge in [0.1, 0.15) is 5.60 Å². The number of carbonyl (C=O) groups is 1. The molecule has 0 aliphatic rings. The van der Waals surface area contributed by atoms with Gasteiger partial charge in [-0.2, -0.15) is 13.2 Å². The highest BCUT2D eigenvalue weighted by atomic mass is 35.5. The van der Waals surface area contributed by atoms with Crippen LogP contribution < -0.4 is 4.90 Å². The summed E-state index contributed by atoms with van der Waals surface area (Å²) in [4.78, 5) is 18.8. The van der Waals surface area contributed by atoms with Crippen LogP contribution in [0.1, 0.15) is 71.6 Å². The molecule has 0 unspecified atom stereocenters. The van der Waals surface area contributed by atoms with Gasteiger partial charge in [-0.25, -0.2) is 9.69 Å². The van der Waals surface area contributed by atoms with E-state index in [0.717, 1.165) is 17.7 Å². The number of halogens is 4. The topological polar surface area (TPSA) is 41.9 Å². The zero-order valence-corrected chi connectivity index (χ0v) is 22.1. The predicted octanol–water partition coefficient (Wildman–Crippen LogP) is 9.39. The van der Waals surface area contributed by atoms with Crippen LogP contribution in [0.5, 0.6) is 0 Å². The molecular formula is C27H34ClF3N2O2. The van der Waals surface area contributed by atoms with E-state index in [4.69, 9.17) is 16.3 Å². The van der Waals surface area contributed by atoms with Crippen LogP contribution in [-0.2, 0) is 16.8 Å². The van der Waals surface area contributed by atoms with E-state index in [0.29, 0.717) is 16.9 Å². The first-order valence-corrected chi connectivity index (χ1v) is 11.9. The van der Waals surface area contributed by atoms with Gasteiger partial charge in [-0.15, -0.1) is 11.6 Å². The Labute approximate surface area is 211 Å². The van der Waals surface area contributed by atoms with Gasteiger partial charge in [0.25, 0.3) is 0 Å². The van der Waals surface area contributed by atoms with Gasteiger partial charge in [-0.05, 0) is 76.6 Å². The highest BCUT2D eigenvalue weighted by molar-refractivity contribution is 6.17. The van der Waals surface area contributed by atoms with Crippen LogP contribution in [0, 0.1) is 0 Å². The SMILES string of the molecule is CC=N/C(=C\C)c1cc(CCl)ccc1N(C(=O)OC(C)(C)C)c1ccc(C(F)(F)F)cc1.CCC. The van der Waals surface area contributed by atoms with Crippen molar-refractivity contribution in [3.63, 3.8) is 0 Å². The fraction of sp³-hybridized carbons (Fsp3) is 0.407. The summed E-state index contributed by atoms with van der Waals surface area (Å²) in [7, 11) is 0. The average molecular weight is 511 g/mol. The molecule has 0 heterocycles. The van der Waals surface area contributed by atoms with Gasteiger partial charge < -0.3 is 4.74 Å². The Morgan fingerprint density at radius 2 is 1.63 bits per heavy atom. The van der Waals surface area contributed by atoms with Crippen LogP contribution in [0.4, 0.5) is 29.3 Å². The molecule has 0 radical (unpaired) electrons. The van der Waals surface area contributed by atoms with Gasteiger partial charge >= 0.3 is 12.3 Å². The molecule has 8 heteroatoms. The molecule has 0 fully saturated rings. The van der Waals surface area contributed by atoms with Crippen molar-refractivity contribution in [3.8, 4) is 0 Å². The Morgan fingerprint density at radius 3 is 2.06 bits per heavy atom.